The van der Waals surface area contributed by atoms with Gasteiger partial charge in [0.1, 0.15) is 5.15 Å². The normalized spacial score (nSPS) is 12.9. The number of hydrogen-bond acceptors (Lipinski definition) is 2. The van der Waals surface area contributed by atoms with Gasteiger partial charge in [-0.1, -0.05) is 41.7 Å². The van der Waals surface area contributed by atoms with Gasteiger partial charge in [-0.15, -0.1) is 0 Å². The third-order valence-electron chi connectivity index (χ3n) is 1.51. The molecule has 0 fully saturated rings. The SMILES string of the molecule is CCCS(=O)c1c(Cl)cnc(Cl)c1Cl. The first kappa shape index (κ1) is 12.2. The Labute approximate surface area is 100 Å². The summed E-state index contributed by atoms with van der Waals surface area (Å²) in [6, 6.07) is 0. The van der Waals surface area contributed by atoms with Crippen molar-refractivity contribution in [1.82, 2.24) is 4.98 Å². The van der Waals surface area contributed by atoms with E-state index in [1.54, 1.807) is 0 Å². The van der Waals surface area contributed by atoms with E-state index in [9.17, 15) is 4.21 Å². The first-order valence-corrected chi connectivity index (χ1v) is 6.41. The Bertz CT molecular complexity index is 370. The molecule has 0 saturated carbocycles. The lowest BCUT2D eigenvalue weighted by Gasteiger charge is -2.06. The Hall–Kier alpha value is 0.170. The van der Waals surface area contributed by atoms with Gasteiger partial charge in [0.25, 0.3) is 0 Å². The second-order valence-corrected chi connectivity index (χ2v) is 5.24. The summed E-state index contributed by atoms with van der Waals surface area (Å²) in [6.07, 6.45) is 2.15. The molecular weight excluding hydrogens is 265 g/mol. The van der Waals surface area contributed by atoms with Crippen LogP contribution in [0.4, 0.5) is 0 Å². The highest BCUT2D eigenvalue weighted by molar-refractivity contribution is 7.85. The van der Waals surface area contributed by atoms with E-state index >= 15 is 0 Å². The Kier molecular flexibility index (Phi) is 4.64. The minimum atomic E-state index is -1.21. The van der Waals surface area contributed by atoms with Gasteiger partial charge in [0.2, 0.25) is 0 Å². The van der Waals surface area contributed by atoms with E-state index in [4.69, 9.17) is 34.8 Å². The zero-order valence-corrected chi connectivity index (χ0v) is 10.5. The molecule has 0 bridgehead atoms. The fourth-order valence-corrected chi connectivity index (χ4v) is 3.12. The highest BCUT2D eigenvalue weighted by Crippen LogP contribution is 2.32. The quantitative estimate of drug-likeness (QED) is 0.788. The summed E-state index contributed by atoms with van der Waals surface area (Å²) in [5.41, 5.74) is 0. The molecule has 1 unspecified atom stereocenters. The van der Waals surface area contributed by atoms with Crippen molar-refractivity contribution in [3.63, 3.8) is 0 Å². The summed E-state index contributed by atoms with van der Waals surface area (Å²) in [7, 11) is -1.21. The van der Waals surface area contributed by atoms with Crippen molar-refractivity contribution in [1.29, 1.82) is 0 Å². The average Bonchev–Trinajstić information content (AvgIpc) is 2.13. The molecule has 78 valence electrons. The molecule has 1 aromatic heterocycles. The van der Waals surface area contributed by atoms with Crippen molar-refractivity contribution in [2.75, 3.05) is 5.75 Å². The molecule has 0 aliphatic heterocycles. The van der Waals surface area contributed by atoms with Crippen LogP contribution in [-0.4, -0.2) is 14.9 Å². The van der Waals surface area contributed by atoms with Gasteiger partial charge < -0.3 is 0 Å². The maximum atomic E-state index is 11.7. The monoisotopic (exact) mass is 271 g/mol. The zero-order valence-electron chi connectivity index (χ0n) is 7.39. The Morgan fingerprint density at radius 1 is 1.43 bits per heavy atom. The Balaban J connectivity index is 3.18. The van der Waals surface area contributed by atoms with E-state index in [0.717, 1.165) is 6.42 Å². The maximum absolute atomic E-state index is 11.7. The second-order valence-electron chi connectivity index (χ2n) is 2.59. The smallest absolute Gasteiger partial charge is 0.148 e. The molecule has 1 rings (SSSR count). The Morgan fingerprint density at radius 3 is 2.64 bits per heavy atom. The molecule has 0 amide bonds. The van der Waals surface area contributed by atoms with Gasteiger partial charge in [-0.25, -0.2) is 4.98 Å². The van der Waals surface area contributed by atoms with Crippen LogP contribution in [0.15, 0.2) is 11.1 Å². The number of aromatic nitrogens is 1. The van der Waals surface area contributed by atoms with E-state index < -0.39 is 10.8 Å². The van der Waals surface area contributed by atoms with Gasteiger partial charge in [-0.3, -0.25) is 4.21 Å². The highest BCUT2D eigenvalue weighted by atomic mass is 35.5. The van der Waals surface area contributed by atoms with Gasteiger partial charge in [-0.2, -0.15) is 0 Å². The summed E-state index contributed by atoms with van der Waals surface area (Å²) < 4.78 is 11.7. The molecule has 0 N–H and O–H groups in total. The molecular formula is C8H8Cl3NOS. The Morgan fingerprint density at radius 2 is 2.07 bits per heavy atom. The lowest BCUT2D eigenvalue weighted by molar-refractivity contribution is 0.682. The van der Waals surface area contributed by atoms with Crippen molar-refractivity contribution < 1.29 is 4.21 Å². The van der Waals surface area contributed by atoms with E-state index in [1.807, 2.05) is 6.92 Å². The van der Waals surface area contributed by atoms with Crippen LogP contribution in [0.25, 0.3) is 0 Å². The van der Waals surface area contributed by atoms with Gasteiger partial charge in [0.05, 0.1) is 25.7 Å². The molecule has 1 aromatic rings. The lowest BCUT2D eigenvalue weighted by Crippen LogP contribution is -1.99. The van der Waals surface area contributed by atoms with Crippen LogP contribution in [0.1, 0.15) is 13.3 Å². The number of halogens is 3. The molecule has 0 aliphatic carbocycles. The second kappa shape index (κ2) is 5.31. The van der Waals surface area contributed by atoms with Crippen LogP contribution < -0.4 is 0 Å². The summed E-state index contributed by atoms with van der Waals surface area (Å²) >= 11 is 17.4. The maximum Gasteiger partial charge on any atom is 0.148 e. The van der Waals surface area contributed by atoms with Gasteiger partial charge >= 0.3 is 0 Å². The van der Waals surface area contributed by atoms with E-state index in [2.05, 4.69) is 4.98 Å². The summed E-state index contributed by atoms with van der Waals surface area (Å²) in [6.45, 7) is 1.93. The molecule has 1 atom stereocenters. The van der Waals surface area contributed by atoms with Crippen LogP contribution >= 0.6 is 34.8 Å². The number of pyridine rings is 1. The fourth-order valence-electron chi connectivity index (χ4n) is 0.923. The number of hydrogen-bond donors (Lipinski definition) is 0. The molecule has 2 nitrogen and oxygen atoms in total. The van der Waals surface area contributed by atoms with Crippen LogP contribution in [-0.2, 0) is 10.8 Å². The van der Waals surface area contributed by atoms with Gasteiger partial charge in [0.15, 0.2) is 0 Å². The van der Waals surface area contributed by atoms with Crippen LogP contribution in [0.2, 0.25) is 15.2 Å². The van der Waals surface area contributed by atoms with Crippen molar-refractivity contribution in [2.45, 2.75) is 18.2 Å². The van der Waals surface area contributed by atoms with Crippen molar-refractivity contribution >= 4 is 45.6 Å². The standard InChI is InChI=1S/C8H8Cl3NOS/c1-2-3-14(13)7-5(9)4-12-8(11)6(7)10/h4H,2-3H2,1H3. The third-order valence-corrected chi connectivity index (χ3v) is 4.43. The molecule has 0 saturated heterocycles. The van der Waals surface area contributed by atoms with Crippen molar-refractivity contribution in [2.24, 2.45) is 0 Å². The first-order valence-electron chi connectivity index (χ1n) is 3.95. The molecule has 0 radical (unpaired) electrons. The molecule has 0 aliphatic rings. The number of rotatable bonds is 3. The largest absolute Gasteiger partial charge is 0.254 e. The van der Waals surface area contributed by atoms with Crippen LogP contribution in [0.5, 0.6) is 0 Å². The first-order chi connectivity index (χ1) is 6.57. The molecule has 14 heavy (non-hydrogen) atoms. The summed E-state index contributed by atoms with van der Waals surface area (Å²) in [4.78, 5) is 4.13. The molecule has 6 heteroatoms. The van der Waals surface area contributed by atoms with Crippen molar-refractivity contribution in [3.05, 3.63) is 21.4 Å². The summed E-state index contributed by atoms with van der Waals surface area (Å²) in [5, 5.41) is 0.618. The summed E-state index contributed by atoms with van der Waals surface area (Å²) in [5.74, 6) is 0.514. The molecule has 0 aromatic carbocycles. The highest BCUT2D eigenvalue weighted by Gasteiger charge is 2.16. The van der Waals surface area contributed by atoms with Crippen molar-refractivity contribution in [3.8, 4) is 0 Å². The predicted molar refractivity (Wildman–Crippen MR) is 60.8 cm³/mol. The minimum absolute atomic E-state index is 0.135. The minimum Gasteiger partial charge on any atom is -0.254 e. The van der Waals surface area contributed by atoms with Gasteiger partial charge in [0, 0.05) is 11.9 Å². The zero-order chi connectivity index (χ0) is 10.7. The van der Waals surface area contributed by atoms with E-state index in [-0.39, 0.29) is 10.2 Å². The molecule has 0 spiro atoms. The molecule has 1 heterocycles. The van der Waals surface area contributed by atoms with Crippen LogP contribution in [0.3, 0.4) is 0 Å². The predicted octanol–water partition coefficient (Wildman–Crippen LogP) is 3.56. The topological polar surface area (TPSA) is 30.0 Å². The average molecular weight is 273 g/mol. The van der Waals surface area contributed by atoms with Gasteiger partial charge in [-0.05, 0) is 6.42 Å². The number of nitrogens with zero attached hydrogens (tertiary/aromatic N) is 1. The lowest BCUT2D eigenvalue weighted by atomic mass is 10.5. The van der Waals surface area contributed by atoms with E-state index in [1.165, 1.54) is 6.20 Å². The fraction of sp³-hybridized carbons (Fsp3) is 0.375. The van der Waals surface area contributed by atoms with Crippen LogP contribution in [0, 0.1) is 0 Å². The third kappa shape index (κ3) is 2.60. The van der Waals surface area contributed by atoms with E-state index in [0.29, 0.717) is 15.7 Å².